The molecule has 34 heavy (non-hydrogen) atoms. The molecule has 2 fully saturated rings. The van der Waals surface area contributed by atoms with Crippen LogP contribution in [0.3, 0.4) is 0 Å². The van der Waals surface area contributed by atoms with E-state index >= 15 is 0 Å². The number of carbonyl (C=O) groups excluding carboxylic acids is 2. The summed E-state index contributed by atoms with van der Waals surface area (Å²) in [5.74, 6) is -1.15. The van der Waals surface area contributed by atoms with Gasteiger partial charge in [-0.2, -0.15) is 0 Å². The largest absolute Gasteiger partial charge is 0.481 e. The lowest BCUT2D eigenvalue weighted by atomic mass is 9.60. The third-order valence-electron chi connectivity index (χ3n) is 8.16. The van der Waals surface area contributed by atoms with Crippen molar-refractivity contribution >= 4 is 23.9 Å². The second-order valence-corrected chi connectivity index (χ2v) is 10.9. The third kappa shape index (κ3) is 4.60. The van der Waals surface area contributed by atoms with Crippen molar-refractivity contribution in [1.82, 2.24) is 0 Å². The van der Waals surface area contributed by atoms with E-state index in [4.69, 9.17) is 5.11 Å². The average molecular weight is 475 g/mol. The highest BCUT2D eigenvalue weighted by Crippen LogP contribution is 2.60. The molecule has 1 heterocycles. The molecular weight excluding hydrogens is 440 g/mol. The number of carboxylic acids is 2. The summed E-state index contributed by atoms with van der Waals surface area (Å²) >= 11 is 0. The first-order chi connectivity index (χ1) is 15.9. The SMILES string of the molecule is CC(C)(C)C1(C(=O)O)CC2C=CC1C2.O=C(O)C1(CCO)CC2C=CC1C2.O=C1C=CC(=O)O1. The molecule has 6 atom stereocenters. The number of aliphatic hydroxyl groups is 1. The van der Waals surface area contributed by atoms with Crippen molar-refractivity contribution in [2.45, 2.75) is 52.9 Å². The molecule has 0 saturated heterocycles. The highest BCUT2D eigenvalue weighted by atomic mass is 16.6. The van der Waals surface area contributed by atoms with E-state index in [1.165, 1.54) is 0 Å². The number of rotatable bonds is 4. The van der Waals surface area contributed by atoms with Crippen molar-refractivity contribution in [3.05, 3.63) is 36.5 Å². The number of cyclic esters (lactones) is 2. The van der Waals surface area contributed by atoms with Crippen molar-refractivity contribution in [2.24, 2.45) is 39.9 Å². The first-order valence-electron chi connectivity index (χ1n) is 11.7. The van der Waals surface area contributed by atoms with Crippen molar-refractivity contribution in [3.63, 3.8) is 0 Å². The molecule has 8 heteroatoms. The minimum absolute atomic E-state index is 0.0244. The van der Waals surface area contributed by atoms with Gasteiger partial charge < -0.3 is 20.1 Å². The Labute approximate surface area is 199 Å². The Balaban J connectivity index is 0.000000151. The summed E-state index contributed by atoms with van der Waals surface area (Å²) in [6, 6.07) is 0. The molecule has 4 bridgehead atoms. The van der Waals surface area contributed by atoms with Crippen LogP contribution in [0.2, 0.25) is 0 Å². The highest BCUT2D eigenvalue weighted by Gasteiger charge is 2.59. The summed E-state index contributed by atoms with van der Waals surface area (Å²) in [6.45, 7) is 6.13. The number of carboxylic acid groups (broad SMARTS) is 2. The van der Waals surface area contributed by atoms with Crippen LogP contribution in [0.1, 0.15) is 52.9 Å². The van der Waals surface area contributed by atoms with Crippen molar-refractivity contribution in [2.75, 3.05) is 6.61 Å². The van der Waals surface area contributed by atoms with Crippen LogP contribution in [0, 0.1) is 39.9 Å². The summed E-state index contributed by atoms with van der Waals surface area (Å²) in [5, 5.41) is 27.5. The first-order valence-corrected chi connectivity index (χ1v) is 11.7. The Morgan fingerprint density at radius 1 is 0.912 bits per heavy atom. The molecule has 3 N–H and O–H groups in total. The lowest BCUT2D eigenvalue weighted by Crippen LogP contribution is -2.46. The lowest BCUT2D eigenvalue weighted by Gasteiger charge is -2.42. The van der Waals surface area contributed by atoms with Gasteiger partial charge in [0.25, 0.3) is 0 Å². The van der Waals surface area contributed by atoms with Crippen LogP contribution >= 0.6 is 0 Å². The fourth-order valence-electron chi connectivity index (χ4n) is 6.38. The molecular formula is C26H34O8. The molecule has 0 amide bonds. The number of hydrogen-bond acceptors (Lipinski definition) is 6. The monoisotopic (exact) mass is 474 g/mol. The molecule has 5 rings (SSSR count). The zero-order chi connectivity index (χ0) is 25.3. The normalized spacial score (nSPS) is 36.1. The van der Waals surface area contributed by atoms with E-state index in [-0.39, 0.29) is 23.9 Å². The van der Waals surface area contributed by atoms with E-state index in [0.717, 1.165) is 31.4 Å². The van der Waals surface area contributed by atoms with Crippen LogP contribution in [-0.4, -0.2) is 45.8 Å². The zero-order valence-corrected chi connectivity index (χ0v) is 19.9. The minimum Gasteiger partial charge on any atom is -0.481 e. The minimum atomic E-state index is -0.738. The van der Waals surface area contributed by atoms with Gasteiger partial charge in [-0.25, -0.2) is 9.59 Å². The summed E-state index contributed by atoms with van der Waals surface area (Å²) < 4.78 is 3.97. The zero-order valence-electron chi connectivity index (χ0n) is 19.9. The van der Waals surface area contributed by atoms with Gasteiger partial charge in [-0.3, -0.25) is 9.59 Å². The molecule has 186 valence electrons. The van der Waals surface area contributed by atoms with Crippen LogP contribution in [0.25, 0.3) is 0 Å². The molecule has 1 aliphatic heterocycles. The molecule has 5 aliphatic rings. The molecule has 0 radical (unpaired) electrons. The van der Waals surface area contributed by atoms with Crippen LogP contribution in [0.4, 0.5) is 0 Å². The number of ether oxygens (including phenoxy) is 1. The van der Waals surface area contributed by atoms with Gasteiger partial charge in [0.1, 0.15) is 0 Å². The molecule has 0 spiro atoms. The van der Waals surface area contributed by atoms with Gasteiger partial charge in [0, 0.05) is 18.8 Å². The van der Waals surface area contributed by atoms with Gasteiger partial charge >= 0.3 is 23.9 Å². The molecule has 2 saturated carbocycles. The fourth-order valence-corrected chi connectivity index (χ4v) is 6.38. The molecule has 0 aromatic rings. The van der Waals surface area contributed by atoms with E-state index in [2.05, 4.69) is 43.7 Å². The number of aliphatic carboxylic acids is 2. The Morgan fingerprint density at radius 3 is 1.68 bits per heavy atom. The standard InChI is InChI=1S/C12H18O2.C10H14O3.C4H2O3/c1-11(2,3)12(10(13)14)7-8-4-5-9(12)6-8;11-4-3-10(9(12)13)6-7-1-2-8(10)5-7;5-3-1-2-4(6)7-3/h4-5,8-9H,6-7H2,1-3H3,(H,13,14);1-2,7-8,11H,3-6H2,(H,12,13);1-2H. The Kier molecular flexibility index (Phi) is 7.22. The Morgan fingerprint density at radius 2 is 1.44 bits per heavy atom. The van der Waals surface area contributed by atoms with Crippen molar-refractivity contribution < 1.29 is 39.2 Å². The maximum Gasteiger partial charge on any atom is 0.338 e. The molecule has 0 aromatic heterocycles. The second kappa shape index (κ2) is 9.49. The summed E-state index contributed by atoms with van der Waals surface area (Å²) in [7, 11) is 0. The number of hydrogen-bond donors (Lipinski definition) is 3. The maximum atomic E-state index is 11.5. The fraction of sp³-hybridized carbons (Fsp3) is 0.615. The number of aliphatic hydroxyl groups excluding tert-OH is 1. The number of allylic oxidation sites excluding steroid dienone is 4. The van der Waals surface area contributed by atoms with Crippen LogP contribution in [0.5, 0.6) is 0 Å². The van der Waals surface area contributed by atoms with Crippen molar-refractivity contribution in [3.8, 4) is 0 Å². The van der Waals surface area contributed by atoms with Crippen LogP contribution < -0.4 is 0 Å². The van der Waals surface area contributed by atoms with E-state index in [1.807, 2.05) is 6.08 Å². The summed E-state index contributed by atoms with van der Waals surface area (Å²) in [5.41, 5.74) is -1.33. The van der Waals surface area contributed by atoms with Gasteiger partial charge in [-0.1, -0.05) is 45.1 Å². The smallest absolute Gasteiger partial charge is 0.338 e. The number of fused-ring (bicyclic) bond motifs is 4. The second-order valence-electron chi connectivity index (χ2n) is 10.9. The van der Waals surface area contributed by atoms with E-state index < -0.39 is 34.7 Å². The van der Waals surface area contributed by atoms with E-state index in [9.17, 15) is 29.4 Å². The Hall–Kier alpha value is -2.74. The maximum absolute atomic E-state index is 11.5. The predicted octanol–water partition coefficient (Wildman–Crippen LogP) is 3.36. The summed E-state index contributed by atoms with van der Waals surface area (Å²) in [4.78, 5) is 42.5. The predicted molar refractivity (Wildman–Crippen MR) is 122 cm³/mol. The van der Waals surface area contributed by atoms with Gasteiger partial charge in [0.05, 0.1) is 10.8 Å². The number of carbonyl (C=O) groups is 4. The molecule has 8 nitrogen and oxygen atoms in total. The van der Waals surface area contributed by atoms with Crippen LogP contribution in [-0.2, 0) is 23.9 Å². The quantitative estimate of drug-likeness (QED) is 0.320. The van der Waals surface area contributed by atoms with Gasteiger partial charge in [0.2, 0.25) is 0 Å². The lowest BCUT2D eigenvalue weighted by molar-refractivity contribution is -0.159. The topological polar surface area (TPSA) is 138 Å². The van der Waals surface area contributed by atoms with Gasteiger partial charge in [-0.05, 0) is 61.2 Å². The number of esters is 2. The van der Waals surface area contributed by atoms with Crippen molar-refractivity contribution in [1.29, 1.82) is 0 Å². The summed E-state index contributed by atoms with van der Waals surface area (Å²) in [6.07, 6.45) is 14.6. The molecule has 0 aromatic carbocycles. The van der Waals surface area contributed by atoms with E-state index in [0.29, 0.717) is 24.7 Å². The van der Waals surface area contributed by atoms with Gasteiger partial charge in [-0.15, -0.1) is 0 Å². The van der Waals surface area contributed by atoms with Crippen LogP contribution in [0.15, 0.2) is 36.5 Å². The highest BCUT2D eigenvalue weighted by molar-refractivity contribution is 6.04. The molecule has 4 aliphatic carbocycles. The third-order valence-corrected chi connectivity index (χ3v) is 8.16. The molecule has 6 unspecified atom stereocenters. The van der Waals surface area contributed by atoms with E-state index in [1.54, 1.807) is 0 Å². The first kappa shape index (κ1) is 25.9. The average Bonchev–Trinajstić information content (AvgIpc) is 3.55. The Bertz CT molecular complexity index is 923. The van der Waals surface area contributed by atoms with Gasteiger partial charge in [0.15, 0.2) is 0 Å².